The van der Waals surface area contributed by atoms with Crippen molar-refractivity contribution in [3.05, 3.63) is 22.1 Å². The van der Waals surface area contributed by atoms with Crippen molar-refractivity contribution in [3.8, 4) is 0 Å². The van der Waals surface area contributed by atoms with E-state index >= 15 is 0 Å². The Labute approximate surface area is 103 Å². The molecule has 0 atom stereocenters. The van der Waals surface area contributed by atoms with Gasteiger partial charge in [-0.3, -0.25) is 9.98 Å². The van der Waals surface area contributed by atoms with E-state index in [1.807, 2.05) is 29.5 Å². The van der Waals surface area contributed by atoms with Crippen LogP contribution in [0.5, 0.6) is 0 Å². The van der Waals surface area contributed by atoms with E-state index in [0.29, 0.717) is 20.3 Å². The van der Waals surface area contributed by atoms with E-state index in [1.54, 1.807) is 13.1 Å². The fourth-order valence-electron chi connectivity index (χ4n) is 0.739. The molecule has 0 aromatic carbocycles. The summed E-state index contributed by atoms with van der Waals surface area (Å²) in [6.45, 7) is 8.92. The largest absolute Gasteiger partial charge is 0.275 e. The number of halogens is 2. The third kappa shape index (κ3) is 4.15. The van der Waals surface area contributed by atoms with Gasteiger partial charge in [0, 0.05) is 7.05 Å². The minimum Gasteiger partial charge on any atom is -0.275 e. The molecule has 3 nitrogen and oxygen atoms in total. The van der Waals surface area contributed by atoms with Crippen LogP contribution in [0.4, 0.5) is 0 Å². The molecule has 0 N–H and O–H groups in total. The molecule has 0 radical (unpaired) electrons. The molecule has 0 saturated carbocycles. The summed E-state index contributed by atoms with van der Waals surface area (Å²) in [5.41, 5.74) is 1.09. The van der Waals surface area contributed by atoms with Gasteiger partial charge >= 0.3 is 0 Å². The van der Waals surface area contributed by atoms with Crippen LogP contribution < -0.4 is 0 Å². The van der Waals surface area contributed by atoms with Gasteiger partial charge in [0.2, 0.25) is 0 Å². The Kier molecular flexibility index (Phi) is 6.65. The lowest BCUT2D eigenvalue weighted by molar-refractivity contribution is 1.41. The summed E-state index contributed by atoms with van der Waals surface area (Å²) in [7, 11) is 1.59. The summed E-state index contributed by atoms with van der Waals surface area (Å²) in [5.74, 6) is 0. The quantitative estimate of drug-likeness (QED) is 0.433. The van der Waals surface area contributed by atoms with Gasteiger partial charge in [-0.25, -0.2) is 4.99 Å². The predicted octanol–water partition coefficient (Wildman–Crippen LogP) is 3.21. The molecular weight excluding hydrogens is 312 g/mol. The summed E-state index contributed by atoms with van der Waals surface area (Å²) in [6.07, 6.45) is 1.76. The Hall–Kier alpha value is -0.490. The van der Waals surface area contributed by atoms with Gasteiger partial charge in [-0.2, -0.15) is 0 Å². The van der Waals surface area contributed by atoms with Crippen molar-refractivity contribution in [2.45, 2.75) is 6.92 Å². The fourth-order valence-corrected chi connectivity index (χ4v) is 1.12. The monoisotopic (exact) mass is 323 g/mol. The number of rotatable bonds is 4. The highest BCUT2D eigenvalue weighted by atomic mass is 127. The third-order valence-electron chi connectivity index (χ3n) is 1.31. The number of hydrogen-bond donors (Lipinski definition) is 0. The average Bonchev–Trinajstić information content (AvgIpc) is 2.16. The molecule has 0 saturated heterocycles. The van der Waals surface area contributed by atoms with Gasteiger partial charge in [-0.15, -0.1) is 0 Å². The van der Waals surface area contributed by atoms with Gasteiger partial charge in [0.1, 0.15) is 5.71 Å². The van der Waals surface area contributed by atoms with Crippen molar-refractivity contribution in [2.24, 2.45) is 15.0 Å². The van der Waals surface area contributed by atoms with Crippen molar-refractivity contribution in [3.63, 3.8) is 0 Å². The number of hydrogen-bond acceptors (Lipinski definition) is 3. The molecule has 0 rings (SSSR count). The second kappa shape index (κ2) is 6.89. The number of nitrogens with zero attached hydrogens (tertiary/aromatic N) is 3. The van der Waals surface area contributed by atoms with E-state index in [0.717, 1.165) is 0 Å². The third-order valence-corrected chi connectivity index (χ3v) is 1.90. The standard InChI is InChI=1S/C9H11ClIN3/c1-5-7(12-3)8(9(10)13-4)14-6(2)11/h5H,2-3H2,1,4H3/b7-5+,13-9+,14-8+. The minimum absolute atomic E-state index is 0.295. The van der Waals surface area contributed by atoms with E-state index < -0.39 is 0 Å². The first-order valence-electron chi connectivity index (χ1n) is 3.76. The zero-order chi connectivity index (χ0) is 11.1. The van der Waals surface area contributed by atoms with Gasteiger partial charge in [0.15, 0.2) is 5.17 Å². The van der Waals surface area contributed by atoms with Crippen molar-refractivity contribution in [2.75, 3.05) is 7.05 Å². The van der Waals surface area contributed by atoms with Gasteiger partial charge in [0.25, 0.3) is 0 Å². The molecule has 0 spiro atoms. The van der Waals surface area contributed by atoms with Gasteiger partial charge in [-0.05, 0) is 36.2 Å². The first-order valence-corrected chi connectivity index (χ1v) is 5.21. The van der Waals surface area contributed by atoms with Crippen LogP contribution >= 0.6 is 34.2 Å². The lowest BCUT2D eigenvalue weighted by atomic mass is 10.3. The lowest BCUT2D eigenvalue weighted by Crippen LogP contribution is -2.10. The lowest BCUT2D eigenvalue weighted by Gasteiger charge is -2.03. The molecular formula is C9H11ClIN3. The highest BCUT2D eigenvalue weighted by Gasteiger charge is 2.10. The van der Waals surface area contributed by atoms with Crippen molar-refractivity contribution >= 4 is 51.8 Å². The second-order valence-electron chi connectivity index (χ2n) is 2.18. The summed E-state index contributed by atoms with van der Waals surface area (Å²) < 4.78 is 0.613. The normalized spacial score (nSPS) is 14.1. The molecule has 0 aliphatic heterocycles. The van der Waals surface area contributed by atoms with Crippen molar-refractivity contribution in [1.82, 2.24) is 0 Å². The van der Waals surface area contributed by atoms with Crippen LogP contribution in [0.2, 0.25) is 0 Å². The molecule has 0 heterocycles. The maximum Gasteiger partial charge on any atom is 0.151 e. The molecule has 0 unspecified atom stereocenters. The van der Waals surface area contributed by atoms with E-state index in [-0.39, 0.29) is 0 Å². The van der Waals surface area contributed by atoms with E-state index in [1.165, 1.54) is 0 Å². The van der Waals surface area contributed by atoms with E-state index in [9.17, 15) is 0 Å². The first kappa shape index (κ1) is 13.5. The van der Waals surface area contributed by atoms with Crippen LogP contribution in [0.15, 0.2) is 37.0 Å². The zero-order valence-electron chi connectivity index (χ0n) is 8.09. The van der Waals surface area contributed by atoms with Crippen LogP contribution in [0, 0.1) is 0 Å². The smallest absolute Gasteiger partial charge is 0.151 e. The van der Waals surface area contributed by atoms with Crippen LogP contribution in [0.25, 0.3) is 0 Å². The summed E-state index contributed by atoms with van der Waals surface area (Å²) in [4.78, 5) is 11.8. The van der Waals surface area contributed by atoms with Crippen LogP contribution in [0.3, 0.4) is 0 Å². The maximum absolute atomic E-state index is 5.87. The van der Waals surface area contributed by atoms with Crippen LogP contribution in [0.1, 0.15) is 6.92 Å². The average molecular weight is 324 g/mol. The second-order valence-corrected chi connectivity index (χ2v) is 3.79. The van der Waals surface area contributed by atoms with E-state index in [2.05, 4.69) is 28.3 Å². The molecule has 0 aromatic rings. The van der Waals surface area contributed by atoms with Gasteiger partial charge < -0.3 is 0 Å². The van der Waals surface area contributed by atoms with E-state index in [4.69, 9.17) is 11.6 Å². The summed E-state index contributed by atoms with van der Waals surface area (Å²) >= 11 is 7.86. The SMILES string of the molecule is C=NC(=C/C)/C(=N\C(=C)I)C(/Cl)=N\C. The molecule has 0 aromatic heterocycles. The molecule has 76 valence electrons. The molecule has 14 heavy (non-hydrogen) atoms. The highest BCUT2D eigenvalue weighted by molar-refractivity contribution is 14.1. The molecule has 0 aliphatic carbocycles. The summed E-state index contributed by atoms with van der Waals surface area (Å²) in [6, 6.07) is 0. The molecule has 0 aliphatic rings. The van der Waals surface area contributed by atoms with Crippen molar-refractivity contribution in [1.29, 1.82) is 0 Å². The Morgan fingerprint density at radius 1 is 1.50 bits per heavy atom. The number of aliphatic imine (C=N–C) groups is 3. The van der Waals surface area contributed by atoms with Gasteiger partial charge in [0.05, 0.1) is 9.40 Å². The molecule has 0 fully saturated rings. The Bertz CT molecular complexity index is 329. The first-order chi connectivity index (χ1) is 6.56. The number of allylic oxidation sites excluding steroid dienone is 2. The highest BCUT2D eigenvalue weighted by Crippen LogP contribution is 2.11. The maximum atomic E-state index is 5.87. The molecule has 0 bridgehead atoms. The Balaban J connectivity index is 5.32. The molecule has 5 heteroatoms. The van der Waals surface area contributed by atoms with Crippen LogP contribution in [-0.4, -0.2) is 24.6 Å². The fraction of sp³-hybridized carbons (Fsp3) is 0.222. The molecule has 0 amide bonds. The van der Waals surface area contributed by atoms with Gasteiger partial charge in [-0.1, -0.05) is 24.3 Å². The Morgan fingerprint density at radius 2 is 2.07 bits per heavy atom. The predicted molar refractivity (Wildman–Crippen MR) is 73.1 cm³/mol. The zero-order valence-corrected chi connectivity index (χ0v) is 11.0. The van der Waals surface area contributed by atoms with Crippen molar-refractivity contribution < 1.29 is 0 Å². The summed E-state index contributed by atoms with van der Waals surface area (Å²) in [5, 5.41) is 0.295. The topological polar surface area (TPSA) is 37.1 Å². The Morgan fingerprint density at radius 3 is 2.36 bits per heavy atom. The minimum atomic E-state index is 0.295. The van der Waals surface area contributed by atoms with Crippen LogP contribution in [-0.2, 0) is 0 Å².